The van der Waals surface area contributed by atoms with E-state index in [1.807, 2.05) is 6.07 Å². The van der Waals surface area contributed by atoms with Crippen LogP contribution in [0.2, 0.25) is 0 Å². The zero-order chi connectivity index (χ0) is 21.2. The molecule has 8 nitrogen and oxygen atoms in total. The summed E-state index contributed by atoms with van der Waals surface area (Å²) >= 11 is 0. The molecule has 2 atom stereocenters. The molecule has 1 aromatic rings. The molecule has 0 radical (unpaired) electrons. The molecule has 29 heavy (non-hydrogen) atoms. The number of nitrogens with zero attached hydrogens (tertiary/aromatic N) is 3. The number of benzene rings is 1. The Kier molecular flexibility index (Phi) is 6.04. The number of anilines is 2. The molecule has 3 rings (SSSR count). The SMILES string of the molecule is CS(=O)(=O)OC[C@H]1CN(c2ccc(N3CC/C(=C\C#N)C(F)C3)c(F)c2)C(=O)O1. The summed E-state index contributed by atoms with van der Waals surface area (Å²) in [6.45, 7) is -0.0289. The second-order valence-corrected chi connectivity index (χ2v) is 8.40. The molecule has 0 aromatic heterocycles. The minimum absolute atomic E-state index is 0.00568. The Morgan fingerprint density at radius 2 is 2.17 bits per heavy atom. The van der Waals surface area contributed by atoms with Gasteiger partial charge in [-0.15, -0.1) is 0 Å². The Labute approximate surface area is 167 Å². The van der Waals surface area contributed by atoms with Gasteiger partial charge in [-0.3, -0.25) is 9.08 Å². The summed E-state index contributed by atoms with van der Waals surface area (Å²) in [5, 5.41) is 8.66. The maximum atomic E-state index is 14.7. The lowest BCUT2D eigenvalue weighted by molar-refractivity contribution is 0.107. The Bertz CT molecular complexity index is 976. The fourth-order valence-electron chi connectivity index (χ4n) is 3.23. The van der Waals surface area contributed by atoms with Crippen LogP contribution in [0.1, 0.15) is 6.42 Å². The van der Waals surface area contributed by atoms with E-state index in [-0.39, 0.29) is 31.1 Å². The second-order valence-electron chi connectivity index (χ2n) is 6.75. The van der Waals surface area contributed by atoms with Gasteiger partial charge in [-0.05, 0) is 30.2 Å². The van der Waals surface area contributed by atoms with Gasteiger partial charge < -0.3 is 9.64 Å². The van der Waals surface area contributed by atoms with Crippen LogP contribution in [0.5, 0.6) is 0 Å². The standard InChI is InChI=1S/C18H19F2N3O5S/c1-29(25,26)27-11-14-9-23(18(24)28-14)13-2-3-17(15(19)8-13)22-7-5-12(4-6-21)16(20)10-22/h2-4,8,14,16H,5,7,9-11H2,1H3/b12-4+/t14-,16?/m1/s1. The fourth-order valence-corrected chi connectivity index (χ4v) is 3.62. The summed E-state index contributed by atoms with van der Waals surface area (Å²) in [5.74, 6) is -0.633. The fraction of sp³-hybridized carbons (Fsp3) is 0.444. The normalized spacial score (nSPS) is 23.9. The molecule has 1 unspecified atom stereocenters. The molecule has 0 N–H and O–H groups in total. The van der Waals surface area contributed by atoms with E-state index < -0.39 is 34.3 Å². The number of halogens is 2. The van der Waals surface area contributed by atoms with Crippen molar-refractivity contribution >= 4 is 27.6 Å². The van der Waals surface area contributed by atoms with Crippen molar-refractivity contribution in [2.24, 2.45) is 0 Å². The number of nitriles is 1. The summed E-state index contributed by atoms with van der Waals surface area (Å²) in [4.78, 5) is 14.7. The molecule has 0 aliphatic carbocycles. The summed E-state index contributed by atoms with van der Waals surface area (Å²) in [6.07, 6.45) is -0.517. The van der Waals surface area contributed by atoms with Crippen molar-refractivity contribution in [3.05, 3.63) is 35.7 Å². The van der Waals surface area contributed by atoms with E-state index in [0.717, 1.165) is 12.3 Å². The molecule has 2 heterocycles. The molecule has 2 aliphatic rings. The van der Waals surface area contributed by atoms with Gasteiger partial charge >= 0.3 is 6.09 Å². The van der Waals surface area contributed by atoms with Crippen LogP contribution in [-0.2, 0) is 19.0 Å². The van der Waals surface area contributed by atoms with Crippen LogP contribution in [-0.4, -0.2) is 59.3 Å². The highest BCUT2D eigenvalue weighted by Gasteiger charge is 2.34. The molecule has 2 aliphatic heterocycles. The van der Waals surface area contributed by atoms with E-state index in [1.165, 1.54) is 23.1 Å². The zero-order valence-electron chi connectivity index (χ0n) is 15.5. The summed E-state index contributed by atoms with van der Waals surface area (Å²) in [7, 11) is -3.68. The number of hydrogen-bond acceptors (Lipinski definition) is 7. The first-order valence-corrected chi connectivity index (χ1v) is 10.6. The van der Waals surface area contributed by atoms with E-state index in [4.69, 9.17) is 10.00 Å². The zero-order valence-corrected chi connectivity index (χ0v) is 16.4. The smallest absolute Gasteiger partial charge is 0.414 e. The largest absolute Gasteiger partial charge is 0.441 e. The van der Waals surface area contributed by atoms with Crippen molar-refractivity contribution in [1.29, 1.82) is 5.26 Å². The minimum atomic E-state index is -3.68. The van der Waals surface area contributed by atoms with Gasteiger partial charge in [-0.1, -0.05) is 0 Å². The topological polar surface area (TPSA) is 99.9 Å². The van der Waals surface area contributed by atoms with E-state index in [9.17, 15) is 22.0 Å². The van der Waals surface area contributed by atoms with E-state index in [1.54, 1.807) is 4.90 Å². The van der Waals surface area contributed by atoms with E-state index >= 15 is 0 Å². The third kappa shape index (κ3) is 5.02. The highest BCUT2D eigenvalue weighted by Crippen LogP contribution is 2.31. The molecule has 11 heteroatoms. The van der Waals surface area contributed by atoms with Crippen LogP contribution >= 0.6 is 0 Å². The Balaban J connectivity index is 1.69. The van der Waals surface area contributed by atoms with Gasteiger partial charge in [0.25, 0.3) is 10.1 Å². The number of cyclic esters (lactones) is 1. The highest BCUT2D eigenvalue weighted by molar-refractivity contribution is 7.85. The van der Waals surface area contributed by atoms with Crippen molar-refractivity contribution in [3.63, 3.8) is 0 Å². The lowest BCUT2D eigenvalue weighted by atomic mass is 10.0. The van der Waals surface area contributed by atoms with E-state index in [2.05, 4.69) is 4.18 Å². The number of rotatable bonds is 5. The van der Waals surface area contributed by atoms with Gasteiger partial charge in [0.15, 0.2) is 0 Å². The third-order valence-electron chi connectivity index (χ3n) is 4.63. The number of piperidine rings is 1. The molecule has 2 saturated heterocycles. The molecule has 0 bridgehead atoms. The van der Waals surface area contributed by atoms with Crippen molar-refractivity contribution < 1.29 is 30.9 Å². The van der Waals surface area contributed by atoms with Gasteiger partial charge in [0.1, 0.15) is 24.7 Å². The van der Waals surface area contributed by atoms with Gasteiger partial charge in [0.2, 0.25) is 0 Å². The summed E-state index contributed by atoms with van der Waals surface area (Å²) in [6, 6.07) is 5.91. The summed E-state index contributed by atoms with van der Waals surface area (Å²) < 4.78 is 60.6. The quantitative estimate of drug-likeness (QED) is 0.524. The predicted octanol–water partition coefficient (Wildman–Crippen LogP) is 2.13. The molecule has 1 amide bonds. The average Bonchev–Trinajstić information content (AvgIpc) is 3.02. The monoisotopic (exact) mass is 427 g/mol. The van der Waals surface area contributed by atoms with Crippen LogP contribution in [0, 0.1) is 17.1 Å². The number of ether oxygens (including phenoxy) is 1. The van der Waals surface area contributed by atoms with Crippen LogP contribution < -0.4 is 9.80 Å². The van der Waals surface area contributed by atoms with Crippen LogP contribution in [0.4, 0.5) is 25.0 Å². The van der Waals surface area contributed by atoms with Gasteiger partial charge in [-0.25, -0.2) is 13.6 Å². The molecule has 0 saturated carbocycles. The lowest BCUT2D eigenvalue weighted by Crippen LogP contribution is -2.38. The Morgan fingerprint density at radius 3 is 2.79 bits per heavy atom. The van der Waals surface area contributed by atoms with Gasteiger partial charge in [0, 0.05) is 12.6 Å². The molecular weight excluding hydrogens is 408 g/mol. The lowest BCUT2D eigenvalue weighted by Gasteiger charge is -2.32. The van der Waals surface area contributed by atoms with Crippen molar-refractivity contribution in [2.75, 3.05) is 42.3 Å². The number of hydrogen-bond donors (Lipinski definition) is 0. The number of alkyl halides is 1. The Morgan fingerprint density at radius 1 is 1.41 bits per heavy atom. The van der Waals surface area contributed by atoms with E-state index in [0.29, 0.717) is 18.5 Å². The van der Waals surface area contributed by atoms with Crippen LogP contribution in [0.25, 0.3) is 0 Å². The predicted molar refractivity (Wildman–Crippen MR) is 100 cm³/mol. The number of carbonyl (C=O) groups is 1. The highest BCUT2D eigenvalue weighted by atomic mass is 32.2. The van der Waals surface area contributed by atoms with Crippen molar-refractivity contribution in [3.8, 4) is 6.07 Å². The second kappa shape index (κ2) is 8.34. The maximum Gasteiger partial charge on any atom is 0.414 e. The minimum Gasteiger partial charge on any atom is -0.441 e. The summed E-state index contributed by atoms with van der Waals surface area (Å²) in [5.41, 5.74) is 0.817. The molecular formula is C18H19F2N3O5S. The first-order valence-electron chi connectivity index (χ1n) is 8.77. The van der Waals surface area contributed by atoms with Gasteiger partial charge in [0.05, 0.1) is 36.8 Å². The number of carbonyl (C=O) groups excluding carboxylic acids is 1. The first kappa shape index (κ1) is 21.0. The average molecular weight is 427 g/mol. The number of allylic oxidation sites excluding steroid dienone is 1. The third-order valence-corrected chi connectivity index (χ3v) is 5.19. The molecule has 0 spiro atoms. The van der Waals surface area contributed by atoms with Gasteiger partial charge in [-0.2, -0.15) is 13.7 Å². The molecule has 156 valence electrons. The maximum absolute atomic E-state index is 14.7. The van der Waals surface area contributed by atoms with Crippen molar-refractivity contribution in [1.82, 2.24) is 0 Å². The van der Waals surface area contributed by atoms with Crippen LogP contribution in [0.3, 0.4) is 0 Å². The Hall–Kier alpha value is -2.71. The number of amides is 1. The molecule has 1 aromatic carbocycles. The van der Waals surface area contributed by atoms with Crippen LogP contribution in [0.15, 0.2) is 29.8 Å². The first-order chi connectivity index (χ1) is 13.7. The molecule has 2 fully saturated rings. The van der Waals surface area contributed by atoms with Crippen molar-refractivity contribution in [2.45, 2.75) is 18.7 Å².